The fourth-order valence-corrected chi connectivity index (χ4v) is 3.14. The van der Waals surface area contributed by atoms with Crippen LogP contribution < -0.4 is 4.74 Å². The number of hydrogen-bond donors (Lipinski definition) is 1. The van der Waals surface area contributed by atoms with Gasteiger partial charge in [0.2, 0.25) is 0 Å². The number of aliphatic hydroxyl groups is 1. The molecule has 0 amide bonds. The van der Waals surface area contributed by atoms with E-state index < -0.39 is 13.9 Å². The first-order valence-electron chi connectivity index (χ1n) is 8.25. The molecule has 2 aromatic heterocycles. The molecule has 7 heteroatoms. The van der Waals surface area contributed by atoms with E-state index in [9.17, 15) is 9.50 Å². The maximum Gasteiger partial charge on any atom is 0.185 e. The number of ether oxygens (including phenoxy) is 2. The summed E-state index contributed by atoms with van der Waals surface area (Å²) in [4.78, 5) is 4.11. The smallest absolute Gasteiger partial charge is 0.185 e. The molecule has 0 radical (unpaired) electrons. The second-order valence-corrected chi connectivity index (χ2v) is 13.0. The summed E-state index contributed by atoms with van der Waals surface area (Å²) in [6, 6.07) is 2.78. The summed E-state index contributed by atoms with van der Waals surface area (Å²) in [7, 11) is -1.18. The Labute approximate surface area is 143 Å². The van der Waals surface area contributed by atoms with Crippen molar-refractivity contribution >= 4 is 19.1 Å². The van der Waals surface area contributed by atoms with Crippen molar-refractivity contribution in [2.24, 2.45) is 0 Å². The number of nitrogens with zero attached hydrogens (tertiary/aromatic N) is 2. The van der Waals surface area contributed by atoms with Crippen molar-refractivity contribution in [2.75, 3.05) is 6.61 Å². The van der Waals surface area contributed by atoms with Crippen LogP contribution in [-0.2, 0) is 18.1 Å². The van der Waals surface area contributed by atoms with Crippen LogP contribution in [0.3, 0.4) is 0 Å². The Bertz CT molecular complexity index is 695. The molecule has 0 atom stereocenters. The first kappa shape index (κ1) is 18.9. The van der Waals surface area contributed by atoms with Crippen LogP contribution in [0.1, 0.15) is 19.5 Å². The zero-order valence-corrected chi connectivity index (χ0v) is 16.1. The number of aromatic nitrogens is 2. The lowest BCUT2D eigenvalue weighted by Crippen LogP contribution is -2.22. The maximum absolute atomic E-state index is 14.2. The fourth-order valence-electron chi connectivity index (χ4n) is 2.38. The molecule has 0 aliphatic carbocycles. The monoisotopic (exact) mass is 354 g/mol. The second kappa shape index (κ2) is 7.63. The zero-order chi connectivity index (χ0) is 17.9. The number of rotatable bonds is 8. The molecule has 2 rings (SSSR count). The molecule has 0 unspecified atom stereocenters. The predicted molar refractivity (Wildman–Crippen MR) is 95.5 cm³/mol. The van der Waals surface area contributed by atoms with E-state index in [2.05, 4.69) is 24.6 Å². The maximum atomic E-state index is 14.2. The van der Waals surface area contributed by atoms with Crippen LogP contribution >= 0.6 is 0 Å². The third-order valence-electron chi connectivity index (χ3n) is 3.64. The van der Waals surface area contributed by atoms with E-state index >= 15 is 0 Å². The Morgan fingerprint density at radius 2 is 2.04 bits per heavy atom. The molecule has 1 N–H and O–H groups in total. The van der Waals surface area contributed by atoms with Gasteiger partial charge >= 0.3 is 0 Å². The number of hydrogen-bond acceptors (Lipinski definition) is 4. The van der Waals surface area contributed by atoms with E-state index in [1.54, 1.807) is 10.6 Å². The fraction of sp³-hybridized carbons (Fsp3) is 0.588. The molecule has 0 aliphatic rings. The highest BCUT2D eigenvalue weighted by Gasteiger charge is 2.19. The highest BCUT2D eigenvalue weighted by atomic mass is 28.3. The van der Waals surface area contributed by atoms with Gasteiger partial charge in [0, 0.05) is 20.4 Å². The minimum Gasteiger partial charge on any atom is -0.486 e. The molecule has 0 spiro atoms. The summed E-state index contributed by atoms with van der Waals surface area (Å²) in [6.07, 6.45) is 0.983. The number of fused-ring (bicyclic) bond motifs is 1. The minimum absolute atomic E-state index is 0.156. The molecule has 2 heterocycles. The molecular formula is C17H27FN2O3Si. The van der Waals surface area contributed by atoms with Crippen molar-refractivity contribution in [3.8, 4) is 5.75 Å². The molecule has 0 fully saturated rings. The standard InChI is InChI=1S/C17H27FN2O3Si/c1-12(2)23-17-14(18)9-19-15-8-13(10-21)20(16(15)17)11-22-6-7-24(3,4)5/h8-9,12,21H,6-7,10-11H2,1-5H3. The van der Waals surface area contributed by atoms with Crippen LogP contribution in [0.4, 0.5) is 4.39 Å². The molecule has 5 nitrogen and oxygen atoms in total. The van der Waals surface area contributed by atoms with Gasteiger partial charge in [-0.15, -0.1) is 0 Å². The van der Waals surface area contributed by atoms with Crippen LogP contribution in [0.15, 0.2) is 12.3 Å². The Morgan fingerprint density at radius 1 is 1.33 bits per heavy atom. The first-order chi connectivity index (χ1) is 11.2. The van der Waals surface area contributed by atoms with Gasteiger partial charge in [-0.2, -0.15) is 0 Å². The normalized spacial score (nSPS) is 12.3. The molecule has 0 aromatic carbocycles. The molecule has 0 saturated heterocycles. The van der Waals surface area contributed by atoms with Crippen molar-refractivity contribution in [3.05, 3.63) is 23.8 Å². The highest BCUT2D eigenvalue weighted by Crippen LogP contribution is 2.31. The quantitative estimate of drug-likeness (QED) is 0.579. The van der Waals surface area contributed by atoms with Crippen LogP contribution in [0.5, 0.6) is 5.75 Å². The Morgan fingerprint density at radius 3 is 2.62 bits per heavy atom. The summed E-state index contributed by atoms with van der Waals surface area (Å²) in [5.41, 5.74) is 1.75. The third-order valence-corrected chi connectivity index (χ3v) is 5.35. The van der Waals surface area contributed by atoms with Gasteiger partial charge in [0.25, 0.3) is 0 Å². The van der Waals surface area contributed by atoms with Gasteiger partial charge in [-0.1, -0.05) is 19.6 Å². The number of halogens is 1. The van der Waals surface area contributed by atoms with Crippen molar-refractivity contribution in [1.82, 2.24) is 9.55 Å². The first-order valence-corrected chi connectivity index (χ1v) is 12.0. The van der Waals surface area contributed by atoms with Crippen LogP contribution in [0.2, 0.25) is 25.7 Å². The SMILES string of the molecule is CC(C)Oc1c(F)cnc2cc(CO)n(COCC[Si](C)(C)C)c12. The minimum atomic E-state index is -1.18. The topological polar surface area (TPSA) is 56.5 Å². The average molecular weight is 354 g/mol. The molecule has 0 aliphatic heterocycles. The lowest BCUT2D eigenvalue weighted by molar-refractivity contribution is 0.0848. The molecule has 2 aromatic rings. The summed E-state index contributed by atoms with van der Waals surface area (Å²) in [5, 5.41) is 9.62. The molecule has 134 valence electrons. The van der Waals surface area contributed by atoms with Gasteiger partial charge in [0.1, 0.15) is 12.2 Å². The van der Waals surface area contributed by atoms with Gasteiger partial charge in [-0.25, -0.2) is 4.39 Å². The van der Waals surface area contributed by atoms with Gasteiger partial charge in [-0.3, -0.25) is 4.98 Å². The summed E-state index contributed by atoms with van der Waals surface area (Å²) < 4.78 is 27.4. The molecular weight excluding hydrogens is 327 g/mol. The van der Waals surface area contributed by atoms with E-state index in [1.165, 1.54) is 0 Å². The summed E-state index contributed by atoms with van der Waals surface area (Å²) >= 11 is 0. The van der Waals surface area contributed by atoms with Gasteiger partial charge < -0.3 is 19.1 Å². The largest absolute Gasteiger partial charge is 0.486 e. The van der Waals surface area contributed by atoms with E-state index in [4.69, 9.17) is 9.47 Å². The van der Waals surface area contributed by atoms with Gasteiger partial charge in [0.15, 0.2) is 11.6 Å². The Hall–Kier alpha value is -1.44. The van der Waals surface area contributed by atoms with Gasteiger partial charge in [-0.05, 0) is 26.0 Å². The third kappa shape index (κ3) is 4.55. The summed E-state index contributed by atoms with van der Waals surface area (Å²) in [6.45, 7) is 11.3. The van der Waals surface area contributed by atoms with Crippen molar-refractivity contribution in [3.63, 3.8) is 0 Å². The highest BCUT2D eigenvalue weighted by molar-refractivity contribution is 6.76. The Kier molecular flexibility index (Phi) is 6.00. The van der Waals surface area contributed by atoms with Crippen LogP contribution in [0.25, 0.3) is 11.0 Å². The lowest BCUT2D eigenvalue weighted by Gasteiger charge is -2.18. The summed E-state index contributed by atoms with van der Waals surface area (Å²) in [5.74, 6) is -0.356. The van der Waals surface area contributed by atoms with E-state index in [1.807, 2.05) is 13.8 Å². The number of aliphatic hydroxyl groups excluding tert-OH is 1. The van der Waals surface area contributed by atoms with Crippen molar-refractivity contribution in [2.45, 2.75) is 59.0 Å². The predicted octanol–water partition coefficient (Wildman–Crippen LogP) is 3.77. The van der Waals surface area contributed by atoms with Crippen LogP contribution in [0, 0.1) is 5.82 Å². The lowest BCUT2D eigenvalue weighted by atomic mass is 10.3. The zero-order valence-electron chi connectivity index (χ0n) is 15.1. The Balaban J connectivity index is 2.34. The van der Waals surface area contributed by atoms with E-state index in [-0.39, 0.29) is 25.2 Å². The van der Waals surface area contributed by atoms with E-state index in [0.717, 1.165) is 12.2 Å². The second-order valence-electron chi connectivity index (χ2n) is 7.41. The molecule has 0 bridgehead atoms. The number of pyridine rings is 1. The van der Waals surface area contributed by atoms with Crippen molar-refractivity contribution in [1.29, 1.82) is 0 Å². The molecule has 24 heavy (non-hydrogen) atoms. The van der Waals surface area contributed by atoms with Gasteiger partial charge in [0.05, 0.1) is 24.4 Å². The van der Waals surface area contributed by atoms with Crippen molar-refractivity contribution < 1.29 is 19.0 Å². The average Bonchev–Trinajstić information content (AvgIpc) is 2.83. The molecule has 0 saturated carbocycles. The van der Waals surface area contributed by atoms with E-state index in [0.29, 0.717) is 23.3 Å². The van der Waals surface area contributed by atoms with Crippen LogP contribution in [-0.4, -0.2) is 35.4 Å².